The number of halogens is 1. The van der Waals surface area contributed by atoms with Crippen LogP contribution in [0.2, 0.25) is 0 Å². The molecule has 3 aromatic carbocycles. The third kappa shape index (κ3) is 4.43. The zero-order chi connectivity index (χ0) is 20.2. The number of hydrogen-bond acceptors (Lipinski definition) is 4. The SMILES string of the molecule is Cc1noc(-c2ccc(C(=O)NC(c3ccccc3)c3ccc(Br)cc3)cc2)n1. The summed E-state index contributed by atoms with van der Waals surface area (Å²) in [5, 5.41) is 6.94. The molecule has 1 unspecified atom stereocenters. The van der Waals surface area contributed by atoms with Gasteiger partial charge in [-0.15, -0.1) is 0 Å². The summed E-state index contributed by atoms with van der Waals surface area (Å²) in [5.74, 6) is 0.850. The standard InChI is InChI=1S/C23H18BrN3O2/c1-15-25-23(29-27-15)19-9-7-18(8-10-19)22(28)26-21(16-5-3-2-4-6-16)17-11-13-20(24)14-12-17/h2-14,21H,1H3,(H,26,28). The van der Waals surface area contributed by atoms with Gasteiger partial charge in [-0.1, -0.05) is 63.6 Å². The van der Waals surface area contributed by atoms with Crippen LogP contribution in [-0.2, 0) is 0 Å². The topological polar surface area (TPSA) is 68.0 Å². The first-order valence-electron chi connectivity index (χ1n) is 9.12. The molecule has 0 aliphatic carbocycles. The summed E-state index contributed by atoms with van der Waals surface area (Å²) in [6.45, 7) is 1.76. The first kappa shape index (κ1) is 19.1. The molecule has 1 N–H and O–H groups in total. The number of rotatable bonds is 5. The van der Waals surface area contributed by atoms with Crippen molar-refractivity contribution in [2.45, 2.75) is 13.0 Å². The van der Waals surface area contributed by atoms with Crippen LogP contribution in [0.1, 0.15) is 33.4 Å². The van der Waals surface area contributed by atoms with E-state index in [-0.39, 0.29) is 11.9 Å². The molecule has 144 valence electrons. The van der Waals surface area contributed by atoms with Gasteiger partial charge in [-0.3, -0.25) is 4.79 Å². The van der Waals surface area contributed by atoms with Crippen LogP contribution in [0, 0.1) is 6.92 Å². The Bertz CT molecular complexity index is 1110. The normalized spacial score (nSPS) is 11.8. The van der Waals surface area contributed by atoms with Crippen molar-refractivity contribution in [3.8, 4) is 11.5 Å². The molecule has 4 aromatic rings. The molecule has 6 heteroatoms. The highest BCUT2D eigenvalue weighted by atomic mass is 79.9. The average Bonchev–Trinajstić information content (AvgIpc) is 3.20. The molecular weight excluding hydrogens is 430 g/mol. The maximum absolute atomic E-state index is 12.9. The number of aryl methyl sites for hydroxylation is 1. The van der Waals surface area contributed by atoms with Gasteiger partial charge >= 0.3 is 0 Å². The van der Waals surface area contributed by atoms with Crippen molar-refractivity contribution in [1.82, 2.24) is 15.5 Å². The highest BCUT2D eigenvalue weighted by Gasteiger charge is 2.18. The summed E-state index contributed by atoms with van der Waals surface area (Å²) in [6.07, 6.45) is 0. The quantitative estimate of drug-likeness (QED) is 0.448. The fourth-order valence-corrected chi connectivity index (χ4v) is 3.32. The number of hydrogen-bond donors (Lipinski definition) is 1. The predicted octanol–water partition coefficient (Wildman–Crippen LogP) is 5.33. The Morgan fingerprint density at radius 1 is 0.931 bits per heavy atom. The third-order valence-corrected chi connectivity index (χ3v) is 5.06. The van der Waals surface area contributed by atoms with E-state index in [1.807, 2.05) is 54.6 Å². The first-order chi connectivity index (χ1) is 14.1. The molecule has 0 spiro atoms. The van der Waals surface area contributed by atoms with Crippen molar-refractivity contribution in [1.29, 1.82) is 0 Å². The van der Waals surface area contributed by atoms with Crippen LogP contribution in [0.25, 0.3) is 11.5 Å². The predicted molar refractivity (Wildman–Crippen MR) is 114 cm³/mol. The van der Waals surface area contributed by atoms with Crippen LogP contribution >= 0.6 is 15.9 Å². The van der Waals surface area contributed by atoms with Gasteiger partial charge in [0.25, 0.3) is 11.8 Å². The van der Waals surface area contributed by atoms with Gasteiger partial charge in [0.1, 0.15) is 0 Å². The van der Waals surface area contributed by atoms with Gasteiger partial charge < -0.3 is 9.84 Å². The Morgan fingerprint density at radius 2 is 1.59 bits per heavy atom. The molecule has 0 bridgehead atoms. The van der Waals surface area contributed by atoms with Crippen LogP contribution in [0.3, 0.4) is 0 Å². The zero-order valence-corrected chi connectivity index (χ0v) is 17.3. The second-order valence-electron chi connectivity index (χ2n) is 6.59. The summed E-state index contributed by atoms with van der Waals surface area (Å²) in [5.41, 5.74) is 3.35. The van der Waals surface area contributed by atoms with E-state index in [2.05, 4.69) is 31.4 Å². The van der Waals surface area contributed by atoms with Crippen molar-refractivity contribution < 1.29 is 9.32 Å². The maximum Gasteiger partial charge on any atom is 0.257 e. The highest BCUT2D eigenvalue weighted by molar-refractivity contribution is 9.10. The minimum Gasteiger partial charge on any atom is -0.341 e. The Morgan fingerprint density at radius 3 is 2.21 bits per heavy atom. The molecule has 0 saturated heterocycles. The van der Waals surface area contributed by atoms with Crippen molar-refractivity contribution in [2.24, 2.45) is 0 Å². The van der Waals surface area contributed by atoms with Gasteiger partial charge in [0, 0.05) is 15.6 Å². The molecule has 29 heavy (non-hydrogen) atoms. The molecule has 0 radical (unpaired) electrons. The van der Waals surface area contributed by atoms with E-state index >= 15 is 0 Å². The van der Waals surface area contributed by atoms with Crippen LogP contribution in [0.5, 0.6) is 0 Å². The van der Waals surface area contributed by atoms with Gasteiger partial charge in [-0.25, -0.2) is 0 Å². The van der Waals surface area contributed by atoms with Crippen LogP contribution in [0.15, 0.2) is 87.9 Å². The van der Waals surface area contributed by atoms with E-state index < -0.39 is 0 Å². The van der Waals surface area contributed by atoms with E-state index in [4.69, 9.17) is 4.52 Å². The molecule has 5 nitrogen and oxygen atoms in total. The zero-order valence-electron chi connectivity index (χ0n) is 15.7. The highest BCUT2D eigenvalue weighted by Crippen LogP contribution is 2.25. The summed E-state index contributed by atoms with van der Waals surface area (Å²) < 4.78 is 6.17. The monoisotopic (exact) mass is 447 g/mol. The van der Waals surface area contributed by atoms with Crippen molar-refractivity contribution in [2.75, 3.05) is 0 Å². The number of nitrogens with zero attached hydrogens (tertiary/aromatic N) is 2. The van der Waals surface area contributed by atoms with E-state index in [0.717, 1.165) is 21.2 Å². The fraction of sp³-hybridized carbons (Fsp3) is 0.0870. The van der Waals surface area contributed by atoms with E-state index in [1.165, 1.54) is 0 Å². The summed E-state index contributed by atoms with van der Waals surface area (Å²) in [4.78, 5) is 17.2. The molecule has 1 heterocycles. The Labute approximate surface area is 176 Å². The van der Waals surface area contributed by atoms with Gasteiger partial charge in [-0.05, 0) is 54.4 Å². The van der Waals surface area contributed by atoms with Crippen LogP contribution < -0.4 is 5.32 Å². The Balaban J connectivity index is 1.58. The van der Waals surface area contributed by atoms with Gasteiger partial charge in [-0.2, -0.15) is 4.98 Å². The first-order valence-corrected chi connectivity index (χ1v) is 9.91. The van der Waals surface area contributed by atoms with Crippen LogP contribution in [0.4, 0.5) is 0 Å². The molecule has 0 saturated carbocycles. The van der Waals surface area contributed by atoms with Gasteiger partial charge in [0.2, 0.25) is 0 Å². The summed E-state index contributed by atoms with van der Waals surface area (Å²) in [7, 11) is 0. The van der Waals surface area contributed by atoms with E-state index in [9.17, 15) is 4.79 Å². The molecule has 0 fully saturated rings. The lowest BCUT2D eigenvalue weighted by Gasteiger charge is -2.20. The minimum absolute atomic E-state index is 0.157. The lowest BCUT2D eigenvalue weighted by atomic mass is 9.98. The lowest BCUT2D eigenvalue weighted by molar-refractivity contribution is 0.0943. The molecule has 1 atom stereocenters. The van der Waals surface area contributed by atoms with E-state index in [1.54, 1.807) is 31.2 Å². The summed E-state index contributed by atoms with van der Waals surface area (Å²) in [6, 6.07) is 24.7. The largest absolute Gasteiger partial charge is 0.341 e. The molecule has 1 aromatic heterocycles. The third-order valence-electron chi connectivity index (χ3n) is 4.53. The second kappa shape index (κ2) is 8.41. The maximum atomic E-state index is 12.9. The molecule has 4 rings (SSSR count). The fourth-order valence-electron chi connectivity index (χ4n) is 3.05. The molecule has 0 aliphatic heterocycles. The number of carbonyl (C=O) groups is 1. The second-order valence-corrected chi connectivity index (χ2v) is 7.51. The summed E-state index contributed by atoms with van der Waals surface area (Å²) >= 11 is 3.46. The molecular formula is C23H18BrN3O2. The van der Waals surface area contributed by atoms with Crippen molar-refractivity contribution in [3.63, 3.8) is 0 Å². The van der Waals surface area contributed by atoms with Gasteiger partial charge in [0.15, 0.2) is 5.82 Å². The Hall–Kier alpha value is -3.25. The van der Waals surface area contributed by atoms with Gasteiger partial charge in [0.05, 0.1) is 6.04 Å². The minimum atomic E-state index is -0.255. The number of benzene rings is 3. The van der Waals surface area contributed by atoms with Crippen molar-refractivity contribution in [3.05, 3.63) is 106 Å². The lowest BCUT2D eigenvalue weighted by Crippen LogP contribution is -2.29. The smallest absolute Gasteiger partial charge is 0.257 e. The molecule has 0 aliphatic rings. The molecule has 1 amide bonds. The number of nitrogens with one attached hydrogen (secondary N) is 1. The number of amides is 1. The van der Waals surface area contributed by atoms with E-state index in [0.29, 0.717) is 17.3 Å². The number of aromatic nitrogens is 2. The number of carbonyl (C=O) groups excluding carboxylic acids is 1. The average molecular weight is 448 g/mol. The van der Waals surface area contributed by atoms with Crippen LogP contribution in [-0.4, -0.2) is 16.0 Å². The van der Waals surface area contributed by atoms with Crippen molar-refractivity contribution >= 4 is 21.8 Å². The Kier molecular flexibility index (Phi) is 5.53.